The molecule has 3 nitrogen and oxygen atoms in total. The summed E-state index contributed by atoms with van der Waals surface area (Å²) in [7, 11) is -1.64. The molecule has 1 aliphatic rings. The Kier molecular flexibility index (Phi) is 5.69. The molecule has 0 spiro atoms. The second-order valence-electron chi connectivity index (χ2n) is 7.67. The second-order valence-corrected chi connectivity index (χ2v) is 12.5. The predicted octanol–water partition coefficient (Wildman–Crippen LogP) is 4.30. The first-order chi connectivity index (χ1) is 10.3. The van der Waals surface area contributed by atoms with Gasteiger partial charge in [0.15, 0.2) is 8.32 Å². The highest BCUT2D eigenvalue weighted by atomic mass is 28.4. The maximum absolute atomic E-state index is 6.17. The van der Waals surface area contributed by atoms with Gasteiger partial charge in [-0.15, -0.1) is 0 Å². The third-order valence-corrected chi connectivity index (χ3v) is 9.51. The van der Waals surface area contributed by atoms with Gasteiger partial charge in [0.1, 0.15) is 0 Å². The molecule has 1 saturated heterocycles. The lowest BCUT2D eigenvalue weighted by molar-refractivity contribution is 0.0436. The van der Waals surface area contributed by atoms with Crippen molar-refractivity contribution in [2.45, 2.75) is 51.4 Å². The summed E-state index contributed by atoms with van der Waals surface area (Å²) in [6.07, 6.45) is 1.44. The van der Waals surface area contributed by atoms with Crippen LogP contribution in [0.4, 0.5) is 5.69 Å². The molecular weight excluding hydrogens is 290 g/mol. The molecule has 22 heavy (non-hydrogen) atoms. The van der Waals surface area contributed by atoms with Gasteiger partial charge >= 0.3 is 0 Å². The van der Waals surface area contributed by atoms with E-state index in [2.05, 4.69) is 69.1 Å². The number of nitrogens with zero attached hydrogens (tertiary/aromatic N) is 1. The SMILES string of the molecule is CC(C)(C)[Si](C)(C)OCCO[C@@H]1CCN(c2ccccc2)C1. The first kappa shape index (κ1) is 17.5. The van der Waals surface area contributed by atoms with Gasteiger partial charge in [-0.2, -0.15) is 0 Å². The van der Waals surface area contributed by atoms with Crippen LogP contribution in [0.5, 0.6) is 0 Å². The number of benzene rings is 1. The molecule has 0 aromatic heterocycles. The zero-order valence-corrected chi connectivity index (χ0v) is 15.8. The number of rotatable bonds is 6. The standard InChI is InChI=1S/C18H31NO2Si/c1-18(2,3)22(4,5)21-14-13-20-17-11-12-19(15-17)16-9-7-6-8-10-16/h6-10,17H,11-15H2,1-5H3/t17-/m1/s1. The van der Waals surface area contributed by atoms with E-state index in [0.29, 0.717) is 12.7 Å². The van der Waals surface area contributed by atoms with Crippen molar-refractivity contribution in [2.24, 2.45) is 0 Å². The number of hydrogen-bond donors (Lipinski definition) is 0. The predicted molar refractivity (Wildman–Crippen MR) is 96.2 cm³/mol. The molecule has 0 radical (unpaired) electrons. The van der Waals surface area contributed by atoms with Crippen molar-refractivity contribution < 1.29 is 9.16 Å². The topological polar surface area (TPSA) is 21.7 Å². The Balaban J connectivity index is 1.69. The summed E-state index contributed by atoms with van der Waals surface area (Å²) in [6.45, 7) is 14.9. The zero-order valence-electron chi connectivity index (χ0n) is 14.8. The van der Waals surface area contributed by atoms with Crippen LogP contribution in [0.25, 0.3) is 0 Å². The molecule has 1 fully saturated rings. The first-order valence-electron chi connectivity index (χ1n) is 8.35. The fourth-order valence-electron chi connectivity index (χ4n) is 2.47. The lowest BCUT2D eigenvalue weighted by Crippen LogP contribution is -2.41. The number of para-hydroxylation sites is 1. The van der Waals surface area contributed by atoms with Gasteiger partial charge in [-0.3, -0.25) is 0 Å². The molecule has 0 aliphatic carbocycles. The first-order valence-corrected chi connectivity index (χ1v) is 11.3. The summed E-state index contributed by atoms with van der Waals surface area (Å²) >= 11 is 0. The van der Waals surface area contributed by atoms with Gasteiger partial charge in [0.25, 0.3) is 0 Å². The highest BCUT2D eigenvalue weighted by Crippen LogP contribution is 2.36. The molecule has 0 N–H and O–H groups in total. The molecule has 1 aromatic carbocycles. The Hall–Kier alpha value is -0.843. The van der Waals surface area contributed by atoms with E-state index in [1.807, 2.05) is 0 Å². The highest BCUT2D eigenvalue weighted by molar-refractivity contribution is 6.74. The van der Waals surface area contributed by atoms with Gasteiger partial charge in [0, 0.05) is 18.8 Å². The van der Waals surface area contributed by atoms with Crippen LogP contribution in [0, 0.1) is 0 Å². The number of anilines is 1. The van der Waals surface area contributed by atoms with E-state index in [0.717, 1.165) is 26.1 Å². The molecule has 2 rings (SSSR count). The lowest BCUT2D eigenvalue weighted by Gasteiger charge is -2.36. The van der Waals surface area contributed by atoms with Crippen molar-refractivity contribution in [2.75, 3.05) is 31.2 Å². The fraction of sp³-hybridized carbons (Fsp3) is 0.667. The largest absolute Gasteiger partial charge is 0.414 e. The van der Waals surface area contributed by atoms with Gasteiger partial charge in [0.2, 0.25) is 0 Å². The molecule has 1 heterocycles. The summed E-state index contributed by atoms with van der Waals surface area (Å²) in [4.78, 5) is 2.40. The van der Waals surface area contributed by atoms with Crippen LogP contribution >= 0.6 is 0 Å². The molecule has 1 aromatic rings. The Labute approximate surface area is 136 Å². The minimum absolute atomic E-state index is 0.268. The summed E-state index contributed by atoms with van der Waals surface area (Å²) < 4.78 is 12.2. The fourth-order valence-corrected chi connectivity index (χ4v) is 3.49. The monoisotopic (exact) mass is 321 g/mol. The molecular formula is C18H31NO2Si. The average Bonchev–Trinajstić information content (AvgIpc) is 2.92. The van der Waals surface area contributed by atoms with E-state index in [1.54, 1.807) is 0 Å². The lowest BCUT2D eigenvalue weighted by atomic mass is 10.2. The average molecular weight is 322 g/mol. The smallest absolute Gasteiger partial charge is 0.192 e. The van der Waals surface area contributed by atoms with Crippen molar-refractivity contribution in [1.82, 2.24) is 0 Å². The Morgan fingerprint density at radius 2 is 1.82 bits per heavy atom. The number of ether oxygens (including phenoxy) is 1. The van der Waals surface area contributed by atoms with Crippen LogP contribution in [0.1, 0.15) is 27.2 Å². The normalized spacial score (nSPS) is 19.7. The summed E-state index contributed by atoms with van der Waals surface area (Å²) in [6, 6.07) is 10.6. The van der Waals surface area contributed by atoms with Crippen molar-refractivity contribution >= 4 is 14.0 Å². The van der Waals surface area contributed by atoms with Gasteiger partial charge in [0.05, 0.1) is 19.3 Å². The molecule has 1 aliphatic heterocycles. The molecule has 0 unspecified atom stereocenters. The Morgan fingerprint density at radius 1 is 1.14 bits per heavy atom. The maximum atomic E-state index is 6.17. The van der Waals surface area contributed by atoms with E-state index < -0.39 is 8.32 Å². The van der Waals surface area contributed by atoms with Crippen LogP contribution in [-0.4, -0.2) is 40.7 Å². The molecule has 4 heteroatoms. The maximum Gasteiger partial charge on any atom is 0.192 e. The van der Waals surface area contributed by atoms with Crippen molar-refractivity contribution in [3.8, 4) is 0 Å². The van der Waals surface area contributed by atoms with E-state index in [9.17, 15) is 0 Å². The Bertz CT molecular complexity index is 456. The van der Waals surface area contributed by atoms with Crippen LogP contribution in [0.2, 0.25) is 18.1 Å². The minimum Gasteiger partial charge on any atom is -0.414 e. The van der Waals surface area contributed by atoms with E-state index >= 15 is 0 Å². The van der Waals surface area contributed by atoms with Gasteiger partial charge in [-0.25, -0.2) is 0 Å². The van der Waals surface area contributed by atoms with Crippen LogP contribution in [0.15, 0.2) is 30.3 Å². The minimum atomic E-state index is -1.64. The summed E-state index contributed by atoms with van der Waals surface area (Å²) in [5.74, 6) is 0. The van der Waals surface area contributed by atoms with Crippen LogP contribution in [-0.2, 0) is 9.16 Å². The third kappa shape index (κ3) is 4.57. The van der Waals surface area contributed by atoms with E-state index in [4.69, 9.17) is 9.16 Å². The third-order valence-electron chi connectivity index (χ3n) is 4.97. The summed E-state index contributed by atoms with van der Waals surface area (Å²) in [5, 5.41) is 0.268. The summed E-state index contributed by atoms with van der Waals surface area (Å²) in [5.41, 5.74) is 1.30. The van der Waals surface area contributed by atoms with Gasteiger partial charge in [-0.05, 0) is 36.7 Å². The number of hydrogen-bond acceptors (Lipinski definition) is 3. The van der Waals surface area contributed by atoms with Crippen molar-refractivity contribution in [3.05, 3.63) is 30.3 Å². The van der Waals surface area contributed by atoms with Crippen molar-refractivity contribution in [1.29, 1.82) is 0 Å². The van der Waals surface area contributed by atoms with E-state index in [-0.39, 0.29) is 5.04 Å². The molecule has 0 bridgehead atoms. The van der Waals surface area contributed by atoms with Gasteiger partial charge < -0.3 is 14.1 Å². The molecule has 0 saturated carbocycles. The van der Waals surface area contributed by atoms with Crippen molar-refractivity contribution in [3.63, 3.8) is 0 Å². The van der Waals surface area contributed by atoms with Crippen LogP contribution < -0.4 is 4.90 Å². The van der Waals surface area contributed by atoms with Crippen LogP contribution in [0.3, 0.4) is 0 Å². The zero-order chi connectivity index (χ0) is 16.2. The molecule has 0 amide bonds. The highest BCUT2D eigenvalue weighted by Gasteiger charge is 2.37. The molecule has 1 atom stereocenters. The second kappa shape index (κ2) is 7.15. The van der Waals surface area contributed by atoms with Gasteiger partial charge in [-0.1, -0.05) is 39.0 Å². The van der Waals surface area contributed by atoms with E-state index in [1.165, 1.54) is 5.69 Å². The quantitative estimate of drug-likeness (QED) is 0.576. The Morgan fingerprint density at radius 3 is 2.45 bits per heavy atom. The molecule has 124 valence electrons.